The van der Waals surface area contributed by atoms with Crippen molar-refractivity contribution in [3.8, 4) is 11.5 Å². The van der Waals surface area contributed by atoms with Crippen molar-refractivity contribution >= 4 is 11.8 Å². The maximum Gasteiger partial charge on any atom is 0.258 e. The Balaban J connectivity index is 1.27. The number of ether oxygens (including phenoxy) is 2. The van der Waals surface area contributed by atoms with Crippen LogP contribution in [0, 0.1) is 17.5 Å². The van der Waals surface area contributed by atoms with Gasteiger partial charge in [0.1, 0.15) is 17.3 Å². The highest BCUT2D eigenvalue weighted by molar-refractivity contribution is 5.79. The summed E-state index contributed by atoms with van der Waals surface area (Å²) in [6.07, 6.45) is 1.38. The van der Waals surface area contributed by atoms with Crippen LogP contribution in [0.2, 0.25) is 0 Å². The van der Waals surface area contributed by atoms with E-state index < -0.39 is 46.4 Å². The zero-order valence-electron chi connectivity index (χ0n) is 18.3. The van der Waals surface area contributed by atoms with Crippen LogP contribution in [-0.2, 0) is 9.59 Å². The molecule has 3 aliphatic rings. The van der Waals surface area contributed by atoms with E-state index >= 15 is 0 Å². The minimum atomic E-state index is -1.07. The lowest BCUT2D eigenvalue weighted by Crippen LogP contribution is -2.70. The van der Waals surface area contributed by atoms with Gasteiger partial charge >= 0.3 is 0 Å². The average molecular weight is 478 g/mol. The zero-order valence-corrected chi connectivity index (χ0v) is 18.3. The van der Waals surface area contributed by atoms with Gasteiger partial charge in [-0.15, -0.1) is 0 Å². The first-order valence-electron chi connectivity index (χ1n) is 11.0. The summed E-state index contributed by atoms with van der Waals surface area (Å²) in [7, 11) is 0. The van der Waals surface area contributed by atoms with Gasteiger partial charge in [-0.1, -0.05) is 0 Å². The number of carbonyl (C=O) groups is 2. The predicted octanol–water partition coefficient (Wildman–Crippen LogP) is 2.61. The lowest BCUT2D eigenvalue weighted by atomic mass is 9.60. The summed E-state index contributed by atoms with van der Waals surface area (Å²) in [5.41, 5.74) is -1.44. The van der Waals surface area contributed by atoms with Crippen molar-refractivity contribution < 1.29 is 37.3 Å². The average Bonchev–Trinajstić information content (AvgIpc) is 2.81. The van der Waals surface area contributed by atoms with Gasteiger partial charge in [0, 0.05) is 11.6 Å². The van der Waals surface area contributed by atoms with Gasteiger partial charge in [-0.2, -0.15) is 0 Å². The lowest BCUT2D eigenvalue weighted by Gasteiger charge is -2.56. The van der Waals surface area contributed by atoms with Crippen molar-refractivity contribution in [2.45, 2.75) is 49.3 Å². The third-order valence-corrected chi connectivity index (χ3v) is 6.56. The van der Waals surface area contributed by atoms with E-state index in [1.807, 2.05) is 0 Å². The van der Waals surface area contributed by atoms with Gasteiger partial charge in [-0.3, -0.25) is 9.59 Å². The van der Waals surface area contributed by atoms with Gasteiger partial charge in [0.05, 0.1) is 11.6 Å². The Labute approximate surface area is 194 Å². The van der Waals surface area contributed by atoms with Gasteiger partial charge in [0.2, 0.25) is 0 Å². The molecule has 2 aromatic carbocycles. The van der Waals surface area contributed by atoms with E-state index in [2.05, 4.69) is 10.6 Å². The molecule has 1 atom stereocenters. The minimum Gasteiger partial charge on any atom is -0.484 e. The van der Waals surface area contributed by atoms with Crippen LogP contribution < -0.4 is 20.1 Å². The van der Waals surface area contributed by atoms with Crippen LogP contribution in [0.1, 0.15) is 32.1 Å². The van der Waals surface area contributed by atoms with E-state index in [0.717, 1.165) is 12.1 Å². The second kappa shape index (κ2) is 9.54. The molecule has 2 bridgehead atoms. The van der Waals surface area contributed by atoms with E-state index in [1.54, 1.807) is 0 Å². The van der Waals surface area contributed by atoms with Gasteiger partial charge < -0.3 is 25.2 Å². The number of carbonyl (C=O) groups excluding carboxylic acids is 2. The second-order valence-electron chi connectivity index (χ2n) is 8.86. The molecule has 7 nitrogen and oxygen atoms in total. The van der Waals surface area contributed by atoms with Crippen molar-refractivity contribution in [3.05, 3.63) is 59.9 Å². The molecule has 3 aliphatic carbocycles. The molecule has 182 valence electrons. The largest absolute Gasteiger partial charge is 0.484 e. The van der Waals surface area contributed by atoms with Crippen molar-refractivity contribution in [2.75, 3.05) is 13.2 Å². The number of nitrogens with one attached hydrogen (secondary N) is 2. The van der Waals surface area contributed by atoms with Crippen LogP contribution in [0.15, 0.2) is 42.5 Å². The molecule has 3 fully saturated rings. The van der Waals surface area contributed by atoms with Gasteiger partial charge in [0.25, 0.3) is 11.8 Å². The summed E-state index contributed by atoms with van der Waals surface area (Å²) in [5.74, 6) is -2.94. The van der Waals surface area contributed by atoms with E-state index in [4.69, 9.17) is 9.47 Å². The Hall–Kier alpha value is -3.27. The number of rotatable bonds is 8. The van der Waals surface area contributed by atoms with E-state index in [1.165, 1.54) is 30.3 Å². The smallest absolute Gasteiger partial charge is 0.258 e. The first-order chi connectivity index (χ1) is 16.2. The SMILES string of the molecule is O=C(COc1ccc(F)c(F)c1)NC12CCC(NC(=O)COc3ccc(F)cc3)(CC1)[C@@H](O)C2. The molecule has 0 radical (unpaired) electrons. The lowest BCUT2D eigenvalue weighted by molar-refractivity contribution is -0.137. The highest BCUT2D eigenvalue weighted by Gasteiger charge is 2.55. The number of amides is 2. The molecule has 2 aromatic rings. The monoisotopic (exact) mass is 478 g/mol. The topological polar surface area (TPSA) is 96.9 Å². The van der Waals surface area contributed by atoms with Crippen LogP contribution in [0.5, 0.6) is 11.5 Å². The Morgan fingerprint density at radius 2 is 1.44 bits per heavy atom. The van der Waals surface area contributed by atoms with Crippen molar-refractivity contribution in [2.24, 2.45) is 0 Å². The highest BCUT2D eigenvalue weighted by atomic mass is 19.2. The maximum absolute atomic E-state index is 13.3. The summed E-state index contributed by atoms with van der Waals surface area (Å²) in [6.45, 7) is -0.658. The summed E-state index contributed by atoms with van der Waals surface area (Å²) in [4.78, 5) is 24.9. The Morgan fingerprint density at radius 1 is 0.853 bits per heavy atom. The van der Waals surface area contributed by atoms with Crippen molar-refractivity contribution in [1.29, 1.82) is 0 Å². The molecule has 10 heteroatoms. The second-order valence-corrected chi connectivity index (χ2v) is 8.86. The van der Waals surface area contributed by atoms with Gasteiger partial charge in [0.15, 0.2) is 24.8 Å². The molecule has 2 amide bonds. The number of aliphatic hydroxyl groups is 1. The van der Waals surface area contributed by atoms with E-state index in [0.29, 0.717) is 31.4 Å². The predicted molar refractivity (Wildman–Crippen MR) is 115 cm³/mol. The molecular weight excluding hydrogens is 453 g/mol. The molecule has 0 saturated heterocycles. The standard InChI is InChI=1S/C24H25F3N2O5/c25-15-1-3-16(4-2-15)33-14-22(32)29-24-9-7-23(8-10-24,12-20(24)30)28-21(31)13-34-17-5-6-18(26)19(27)11-17/h1-6,11,20,30H,7-10,12-14H2,(H,28,31)(H,29,32)/t20-,23?,24?/m0/s1. The number of hydrogen-bond donors (Lipinski definition) is 3. The minimum absolute atomic E-state index is 0.0310. The fourth-order valence-corrected chi connectivity index (χ4v) is 4.70. The summed E-state index contributed by atoms with van der Waals surface area (Å²) >= 11 is 0. The molecule has 0 spiro atoms. The molecule has 5 rings (SSSR count). The van der Waals surface area contributed by atoms with Crippen LogP contribution in [-0.4, -0.2) is 47.3 Å². The summed E-state index contributed by atoms with van der Waals surface area (Å²) in [5, 5.41) is 16.6. The summed E-state index contributed by atoms with van der Waals surface area (Å²) in [6, 6.07) is 8.31. The first kappa shape index (κ1) is 23.9. The van der Waals surface area contributed by atoms with Crippen LogP contribution in [0.3, 0.4) is 0 Å². The van der Waals surface area contributed by atoms with E-state index in [-0.39, 0.29) is 25.4 Å². The normalized spacial score (nSPS) is 25.5. The van der Waals surface area contributed by atoms with Gasteiger partial charge in [-0.05, 0) is 68.5 Å². The fourth-order valence-electron chi connectivity index (χ4n) is 4.70. The van der Waals surface area contributed by atoms with Crippen LogP contribution >= 0.6 is 0 Å². The molecule has 0 unspecified atom stereocenters. The number of aliphatic hydroxyl groups excluding tert-OH is 1. The third kappa shape index (κ3) is 5.27. The molecular formula is C24H25F3N2O5. The Bertz CT molecular complexity index is 1060. The molecule has 0 aliphatic heterocycles. The van der Waals surface area contributed by atoms with Gasteiger partial charge in [-0.25, -0.2) is 13.2 Å². The number of fused-ring (bicyclic) bond motifs is 3. The molecule has 0 aromatic heterocycles. The number of hydrogen-bond acceptors (Lipinski definition) is 5. The van der Waals surface area contributed by atoms with E-state index in [9.17, 15) is 27.9 Å². The Kier molecular flexibility index (Phi) is 6.70. The summed E-state index contributed by atoms with van der Waals surface area (Å²) < 4.78 is 49.9. The maximum atomic E-state index is 13.3. The zero-order chi connectivity index (χ0) is 24.3. The quantitative estimate of drug-likeness (QED) is 0.542. The number of halogens is 3. The Morgan fingerprint density at radius 3 is 2.06 bits per heavy atom. The molecule has 34 heavy (non-hydrogen) atoms. The molecule has 3 N–H and O–H groups in total. The highest BCUT2D eigenvalue weighted by Crippen LogP contribution is 2.47. The third-order valence-electron chi connectivity index (χ3n) is 6.56. The number of benzene rings is 2. The first-order valence-corrected chi connectivity index (χ1v) is 11.0. The van der Waals surface area contributed by atoms with Crippen LogP contribution in [0.4, 0.5) is 13.2 Å². The van der Waals surface area contributed by atoms with Crippen molar-refractivity contribution in [1.82, 2.24) is 10.6 Å². The van der Waals surface area contributed by atoms with Crippen LogP contribution in [0.25, 0.3) is 0 Å². The molecule has 0 heterocycles. The fraction of sp³-hybridized carbons (Fsp3) is 0.417. The molecule has 3 saturated carbocycles. The van der Waals surface area contributed by atoms with Crippen molar-refractivity contribution in [3.63, 3.8) is 0 Å².